The van der Waals surface area contributed by atoms with E-state index in [1.165, 1.54) is 29.3 Å². The quantitative estimate of drug-likeness (QED) is 0.882. The zero-order chi connectivity index (χ0) is 12.7. The zero-order valence-corrected chi connectivity index (χ0v) is 11.1. The van der Waals surface area contributed by atoms with Crippen LogP contribution in [-0.2, 0) is 11.3 Å². The number of hydrogen-bond donors (Lipinski definition) is 2. The third-order valence-electron chi connectivity index (χ3n) is 4.41. The lowest BCUT2D eigenvalue weighted by Crippen LogP contribution is -2.37. The van der Waals surface area contributed by atoms with Gasteiger partial charge in [0.2, 0.25) is 0 Å². The Morgan fingerprint density at radius 1 is 1.21 bits per heavy atom. The SMILES string of the molecule is c1cc2ccc(CNC3CCOC3C3CC3)cc2[nH]1. The zero-order valence-electron chi connectivity index (χ0n) is 11.1. The standard InChI is InChI=1S/C16H20N2O/c1-2-12-5-7-17-15(12)9-11(1)10-18-14-6-8-19-16(14)13-3-4-13/h1-2,5,7,9,13-14,16-18H,3-4,6,8,10H2. The minimum Gasteiger partial charge on any atom is -0.376 e. The van der Waals surface area contributed by atoms with Gasteiger partial charge in [-0.1, -0.05) is 12.1 Å². The minimum atomic E-state index is 0.467. The molecule has 2 aromatic rings. The first kappa shape index (κ1) is 11.5. The Kier molecular flexibility index (Phi) is 2.82. The Labute approximate surface area is 113 Å². The molecule has 2 unspecified atom stereocenters. The van der Waals surface area contributed by atoms with Crippen LogP contribution in [0.15, 0.2) is 30.5 Å². The van der Waals surface area contributed by atoms with E-state index in [1.54, 1.807) is 0 Å². The van der Waals surface area contributed by atoms with Crippen LogP contribution in [0, 0.1) is 5.92 Å². The molecule has 19 heavy (non-hydrogen) atoms. The summed E-state index contributed by atoms with van der Waals surface area (Å²) in [6.45, 7) is 1.86. The number of hydrogen-bond acceptors (Lipinski definition) is 2. The summed E-state index contributed by atoms with van der Waals surface area (Å²) in [6.07, 6.45) is 6.34. The number of rotatable bonds is 4. The number of aromatic amines is 1. The third-order valence-corrected chi connectivity index (χ3v) is 4.41. The first-order chi connectivity index (χ1) is 9.40. The molecule has 1 aliphatic carbocycles. The largest absolute Gasteiger partial charge is 0.376 e. The van der Waals surface area contributed by atoms with Gasteiger partial charge in [-0.15, -0.1) is 0 Å². The minimum absolute atomic E-state index is 0.467. The predicted octanol–water partition coefficient (Wildman–Crippen LogP) is 2.83. The maximum absolute atomic E-state index is 5.87. The van der Waals surface area contributed by atoms with Crippen molar-refractivity contribution >= 4 is 10.9 Å². The monoisotopic (exact) mass is 256 g/mol. The van der Waals surface area contributed by atoms with Crippen molar-refractivity contribution in [1.29, 1.82) is 0 Å². The highest BCUT2D eigenvalue weighted by atomic mass is 16.5. The van der Waals surface area contributed by atoms with Crippen molar-refractivity contribution in [1.82, 2.24) is 10.3 Å². The molecule has 1 aromatic carbocycles. The first-order valence-corrected chi connectivity index (χ1v) is 7.31. The van der Waals surface area contributed by atoms with Gasteiger partial charge in [-0.25, -0.2) is 0 Å². The van der Waals surface area contributed by atoms with E-state index in [1.807, 2.05) is 6.20 Å². The molecule has 2 atom stereocenters. The van der Waals surface area contributed by atoms with Crippen molar-refractivity contribution in [2.24, 2.45) is 5.92 Å². The highest BCUT2D eigenvalue weighted by molar-refractivity contribution is 5.79. The normalized spacial score (nSPS) is 27.2. The van der Waals surface area contributed by atoms with Crippen LogP contribution in [0.25, 0.3) is 10.9 Å². The van der Waals surface area contributed by atoms with Crippen molar-refractivity contribution in [2.45, 2.75) is 38.0 Å². The van der Waals surface area contributed by atoms with Crippen LogP contribution >= 0.6 is 0 Å². The molecule has 0 amide bonds. The molecule has 0 spiro atoms. The molecular weight excluding hydrogens is 236 g/mol. The van der Waals surface area contributed by atoms with Gasteiger partial charge in [-0.05, 0) is 48.3 Å². The molecule has 1 aromatic heterocycles. The van der Waals surface area contributed by atoms with Crippen molar-refractivity contribution in [3.05, 3.63) is 36.0 Å². The van der Waals surface area contributed by atoms with Crippen LogP contribution in [0.4, 0.5) is 0 Å². The Morgan fingerprint density at radius 2 is 2.16 bits per heavy atom. The summed E-state index contributed by atoms with van der Waals surface area (Å²) in [6, 6.07) is 9.30. The molecule has 2 fully saturated rings. The second-order valence-corrected chi connectivity index (χ2v) is 5.85. The Morgan fingerprint density at radius 3 is 3.05 bits per heavy atom. The fraction of sp³-hybridized carbons (Fsp3) is 0.500. The number of H-pyrrole nitrogens is 1. The van der Waals surface area contributed by atoms with Crippen LogP contribution in [0.3, 0.4) is 0 Å². The third kappa shape index (κ3) is 2.28. The average molecular weight is 256 g/mol. The summed E-state index contributed by atoms with van der Waals surface area (Å²) in [4.78, 5) is 3.27. The second-order valence-electron chi connectivity index (χ2n) is 5.85. The molecule has 4 rings (SSSR count). The Bertz CT molecular complexity index is 573. The summed E-state index contributed by atoms with van der Waals surface area (Å²) < 4.78 is 5.87. The van der Waals surface area contributed by atoms with E-state index in [0.717, 1.165) is 25.5 Å². The van der Waals surface area contributed by atoms with Gasteiger partial charge in [0.1, 0.15) is 0 Å². The van der Waals surface area contributed by atoms with Crippen LogP contribution in [0.5, 0.6) is 0 Å². The fourth-order valence-corrected chi connectivity index (χ4v) is 3.17. The van der Waals surface area contributed by atoms with E-state index in [9.17, 15) is 0 Å². The van der Waals surface area contributed by atoms with Gasteiger partial charge >= 0.3 is 0 Å². The lowest BCUT2D eigenvalue weighted by Gasteiger charge is -2.19. The highest BCUT2D eigenvalue weighted by Crippen LogP contribution is 2.38. The smallest absolute Gasteiger partial charge is 0.0757 e. The van der Waals surface area contributed by atoms with Crippen LogP contribution < -0.4 is 5.32 Å². The van der Waals surface area contributed by atoms with Crippen molar-refractivity contribution < 1.29 is 4.74 Å². The van der Waals surface area contributed by atoms with Crippen LogP contribution in [0.2, 0.25) is 0 Å². The van der Waals surface area contributed by atoms with Crippen molar-refractivity contribution in [2.75, 3.05) is 6.61 Å². The van der Waals surface area contributed by atoms with Gasteiger partial charge < -0.3 is 15.0 Å². The average Bonchev–Trinajstić information content (AvgIpc) is 3.00. The molecule has 3 heteroatoms. The van der Waals surface area contributed by atoms with E-state index < -0.39 is 0 Å². The first-order valence-electron chi connectivity index (χ1n) is 7.31. The van der Waals surface area contributed by atoms with E-state index in [-0.39, 0.29) is 0 Å². The lowest BCUT2D eigenvalue weighted by atomic mass is 10.1. The van der Waals surface area contributed by atoms with Crippen LogP contribution in [-0.4, -0.2) is 23.7 Å². The molecule has 1 saturated carbocycles. The molecule has 1 saturated heterocycles. The van der Waals surface area contributed by atoms with Gasteiger partial charge in [0.25, 0.3) is 0 Å². The van der Waals surface area contributed by atoms with Crippen molar-refractivity contribution in [3.63, 3.8) is 0 Å². The summed E-state index contributed by atoms with van der Waals surface area (Å²) in [5, 5.41) is 4.97. The number of ether oxygens (including phenoxy) is 1. The summed E-state index contributed by atoms with van der Waals surface area (Å²) in [5.74, 6) is 0.825. The van der Waals surface area contributed by atoms with Crippen LogP contribution in [0.1, 0.15) is 24.8 Å². The number of aromatic nitrogens is 1. The maximum atomic E-state index is 5.87. The van der Waals surface area contributed by atoms with E-state index in [0.29, 0.717) is 12.1 Å². The summed E-state index contributed by atoms with van der Waals surface area (Å²) in [5.41, 5.74) is 2.57. The number of nitrogens with one attached hydrogen (secondary N) is 2. The van der Waals surface area contributed by atoms with Gasteiger partial charge in [0.15, 0.2) is 0 Å². The number of fused-ring (bicyclic) bond motifs is 1. The molecule has 0 radical (unpaired) electrons. The summed E-state index contributed by atoms with van der Waals surface area (Å²) >= 11 is 0. The molecule has 2 N–H and O–H groups in total. The topological polar surface area (TPSA) is 37.0 Å². The number of benzene rings is 1. The highest BCUT2D eigenvalue weighted by Gasteiger charge is 2.40. The summed E-state index contributed by atoms with van der Waals surface area (Å²) in [7, 11) is 0. The van der Waals surface area contributed by atoms with Gasteiger partial charge in [-0.3, -0.25) is 0 Å². The molecule has 100 valence electrons. The molecule has 3 nitrogen and oxygen atoms in total. The van der Waals surface area contributed by atoms with Crippen molar-refractivity contribution in [3.8, 4) is 0 Å². The Balaban J connectivity index is 1.43. The van der Waals surface area contributed by atoms with E-state index in [2.05, 4.69) is 34.6 Å². The molecular formula is C16H20N2O. The maximum Gasteiger partial charge on any atom is 0.0757 e. The second kappa shape index (κ2) is 4.66. The van der Waals surface area contributed by atoms with Gasteiger partial charge in [0, 0.05) is 30.9 Å². The Hall–Kier alpha value is -1.32. The van der Waals surface area contributed by atoms with E-state index in [4.69, 9.17) is 4.74 Å². The van der Waals surface area contributed by atoms with Gasteiger partial charge in [0.05, 0.1) is 6.10 Å². The molecule has 0 bridgehead atoms. The molecule has 2 aliphatic rings. The fourth-order valence-electron chi connectivity index (χ4n) is 3.17. The predicted molar refractivity (Wildman–Crippen MR) is 76.0 cm³/mol. The molecule has 2 heterocycles. The van der Waals surface area contributed by atoms with E-state index >= 15 is 0 Å². The van der Waals surface area contributed by atoms with Gasteiger partial charge in [-0.2, -0.15) is 0 Å². The molecule has 1 aliphatic heterocycles. The lowest BCUT2D eigenvalue weighted by molar-refractivity contribution is 0.0809.